The second-order valence-corrected chi connectivity index (χ2v) is 7.23. The minimum Gasteiger partial charge on any atom is -0.341 e. The highest BCUT2D eigenvalue weighted by atomic mass is 19.1. The fraction of sp³-hybridized carbons (Fsp3) is 0.500. The number of hydrogen-bond acceptors (Lipinski definition) is 4. The number of carbonyl (C=O) groups is 1. The molecule has 1 saturated heterocycles. The van der Waals surface area contributed by atoms with Crippen LogP contribution in [0.4, 0.5) is 8.78 Å². The van der Waals surface area contributed by atoms with Gasteiger partial charge in [-0.15, -0.1) is 5.10 Å². The Balaban J connectivity index is 1.43. The molecule has 1 atom stereocenters. The number of aromatic nitrogens is 3. The zero-order valence-corrected chi connectivity index (χ0v) is 14.3. The van der Waals surface area contributed by atoms with Crippen molar-refractivity contribution in [1.82, 2.24) is 25.6 Å². The molecular weight excluding hydrogens is 340 g/mol. The number of amides is 1. The minimum atomic E-state index is -0.711. The van der Waals surface area contributed by atoms with E-state index in [9.17, 15) is 13.6 Å². The number of hydrogen-bond donors (Lipinski definition) is 2. The summed E-state index contributed by atoms with van der Waals surface area (Å²) in [4.78, 5) is 12.5. The van der Waals surface area contributed by atoms with E-state index in [1.165, 1.54) is 12.1 Å². The maximum absolute atomic E-state index is 13.5. The highest BCUT2D eigenvalue weighted by Crippen LogP contribution is 2.46. The van der Waals surface area contributed by atoms with Gasteiger partial charge in [0.2, 0.25) is 0 Å². The van der Waals surface area contributed by atoms with Gasteiger partial charge in [0.1, 0.15) is 11.6 Å². The Morgan fingerprint density at radius 3 is 2.73 bits per heavy atom. The monoisotopic (exact) mass is 361 g/mol. The van der Waals surface area contributed by atoms with Gasteiger partial charge in [0.15, 0.2) is 5.69 Å². The van der Waals surface area contributed by atoms with Gasteiger partial charge in [0.05, 0.1) is 11.7 Å². The van der Waals surface area contributed by atoms with Gasteiger partial charge >= 0.3 is 0 Å². The number of halogens is 2. The molecule has 2 fully saturated rings. The van der Waals surface area contributed by atoms with E-state index >= 15 is 0 Å². The normalized spacial score (nSPS) is 21.4. The van der Waals surface area contributed by atoms with Crippen LogP contribution in [0.3, 0.4) is 0 Å². The number of rotatable bonds is 5. The third-order valence-corrected chi connectivity index (χ3v) is 5.13. The molecule has 6 nitrogen and oxygen atoms in total. The first-order chi connectivity index (χ1) is 12.5. The summed E-state index contributed by atoms with van der Waals surface area (Å²) in [6.07, 6.45) is 5.18. The average molecular weight is 361 g/mol. The van der Waals surface area contributed by atoms with E-state index < -0.39 is 17.2 Å². The van der Waals surface area contributed by atoms with Crippen molar-refractivity contribution in [2.24, 2.45) is 5.92 Å². The van der Waals surface area contributed by atoms with Gasteiger partial charge in [-0.1, -0.05) is 5.21 Å². The fourth-order valence-electron chi connectivity index (χ4n) is 3.56. The summed E-state index contributed by atoms with van der Waals surface area (Å²) in [6, 6.07) is 3.36. The van der Waals surface area contributed by atoms with Crippen LogP contribution in [0.5, 0.6) is 0 Å². The van der Waals surface area contributed by atoms with Crippen LogP contribution in [0, 0.1) is 17.6 Å². The Morgan fingerprint density at radius 2 is 2.08 bits per heavy atom. The summed E-state index contributed by atoms with van der Waals surface area (Å²) in [6.45, 7) is 2.70. The van der Waals surface area contributed by atoms with Crippen molar-refractivity contribution in [2.45, 2.75) is 37.8 Å². The Morgan fingerprint density at radius 1 is 1.31 bits per heavy atom. The molecule has 1 amide bonds. The number of piperidine rings is 1. The van der Waals surface area contributed by atoms with Crippen LogP contribution in [0.15, 0.2) is 24.4 Å². The van der Waals surface area contributed by atoms with Crippen molar-refractivity contribution in [1.29, 1.82) is 0 Å². The molecule has 1 aliphatic carbocycles. The fourth-order valence-corrected chi connectivity index (χ4v) is 3.56. The first kappa shape index (κ1) is 17.1. The topological polar surface area (TPSA) is 71.8 Å². The summed E-state index contributed by atoms with van der Waals surface area (Å²) in [5.74, 6) is -1.19. The smallest absolute Gasteiger partial charge is 0.274 e. The number of nitrogens with one attached hydrogen (secondary N) is 2. The number of benzene rings is 1. The quantitative estimate of drug-likeness (QED) is 0.854. The van der Waals surface area contributed by atoms with Crippen molar-refractivity contribution in [2.75, 3.05) is 13.1 Å². The summed E-state index contributed by atoms with van der Waals surface area (Å²) in [5.41, 5.74) is -0.0437. The average Bonchev–Trinajstić information content (AvgIpc) is 3.24. The van der Waals surface area contributed by atoms with Gasteiger partial charge in [-0.3, -0.25) is 9.48 Å². The van der Waals surface area contributed by atoms with Gasteiger partial charge in [-0.25, -0.2) is 8.78 Å². The van der Waals surface area contributed by atoms with Crippen LogP contribution in [-0.4, -0.2) is 34.0 Å². The number of carbonyl (C=O) groups excluding carboxylic acids is 1. The lowest BCUT2D eigenvalue weighted by Gasteiger charge is -2.22. The van der Waals surface area contributed by atoms with Crippen LogP contribution in [0.2, 0.25) is 0 Å². The zero-order chi connectivity index (χ0) is 18.1. The molecule has 0 spiro atoms. The third-order valence-electron chi connectivity index (χ3n) is 5.13. The standard InChI is InChI=1S/C18H21F2N5O/c19-14-6-13(7-15(20)8-14)18(3-4-18)22-17(26)16-11-25(24-23-16)10-12-2-1-5-21-9-12/h6-8,11-12,21H,1-5,9-10H2,(H,22,26)/t12-/m0/s1. The first-order valence-electron chi connectivity index (χ1n) is 8.94. The van der Waals surface area contributed by atoms with Crippen LogP contribution in [-0.2, 0) is 12.1 Å². The van der Waals surface area contributed by atoms with Crippen LogP contribution in [0.25, 0.3) is 0 Å². The molecule has 4 rings (SSSR count). The third kappa shape index (κ3) is 3.60. The lowest BCUT2D eigenvalue weighted by atomic mass is 10.00. The Kier molecular flexibility index (Phi) is 4.44. The summed E-state index contributed by atoms with van der Waals surface area (Å²) < 4.78 is 28.7. The SMILES string of the molecule is O=C(NC1(c2cc(F)cc(F)c2)CC1)c1cn(C[C@H]2CCCNC2)nn1. The molecule has 2 heterocycles. The van der Waals surface area contributed by atoms with Crippen LogP contribution < -0.4 is 10.6 Å². The van der Waals surface area contributed by atoms with Crippen molar-refractivity contribution in [3.8, 4) is 0 Å². The van der Waals surface area contributed by atoms with Gasteiger partial charge in [0, 0.05) is 12.6 Å². The predicted molar refractivity (Wildman–Crippen MR) is 90.4 cm³/mol. The molecule has 26 heavy (non-hydrogen) atoms. The molecule has 1 saturated carbocycles. The number of nitrogens with zero attached hydrogens (tertiary/aromatic N) is 3. The van der Waals surface area contributed by atoms with E-state index in [0.717, 1.165) is 32.0 Å². The summed E-state index contributed by atoms with van der Waals surface area (Å²) in [7, 11) is 0. The summed E-state index contributed by atoms with van der Waals surface area (Å²) in [5, 5.41) is 14.2. The van der Waals surface area contributed by atoms with Crippen LogP contribution in [0.1, 0.15) is 41.7 Å². The summed E-state index contributed by atoms with van der Waals surface area (Å²) >= 11 is 0. The maximum Gasteiger partial charge on any atom is 0.274 e. The van der Waals surface area contributed by atoms with Gasteiger partial charge < -0.3 is 10.6 Å². The van der Waals surface area contributed by atoms with E-state index in [0.29, 0.717) is 30.9 Å². The first-order valence-corrected chi connectivity index (χ1v) is 8.94. The van der Waals surface area contributed by atoms with Crippen molar-refractivity contribution in [3.63, 3.8) is 0 Å². The molecule has 0 bridgehead atoms. The van der Waals surface area contributed by atoms with E-state index in [2.05, 4.69) is 20.9 Å². The molecule has 1 aliphatic heterocycles. The van der Waals surface area contributed by atoms with Gasteiger partial charge in [-0.05, 0) is 62.4 Å². The molecule has 138 valence electrons. The van der Waals surface area contributed by atoms with E-state index in [-0.39, 0.29) is 11.6 Å². The lowest BCUT2D eigenvalue weighted by Crippen LogP contribution is -2.35. The van der Waals surface area contributed by atoms with Crippen molar-refractivity contribution >= 4 is 5.91 Å². The molecule has 0 radical (unpaired) electrons. The lowest BCUT2D eigenvalue weighted by molar-refractivity contribution is 0.0925. The molecular formula is C18H21F2N5O. The Hall–Kier alpha value is -2.35. The molecule has 2 N–H and O–H groups in total. The highest BCUT2D eigenvalue weighted by Gasteiger charge is 2.46. The predicted octanol–water partition coefficient (Wildman–Crippen LogP) is 1.97. The van der Waals surface area contributed by atoms with Gasteiger partial charge in [-0.2, -0.15) is 0 Å². The molecule has 2 aromatic rings. The molecule has 1 aromatic heterocycles. The highest BCUT2D eigenvalue weighted by molar-refractivity contribution is 5.92. The van der Waals surface area contributed by atoms with Crippen molar-refractivity contribution in [3.05, 3.63) is 47.3 Å². The largest absolute Gasteiger partial charge is 0.341 e. The van der Waals surface area contributed by atoms with E-state index in [1.54, 1.807) is 10.9 Å². The molecule has 2 aliphatic rings. The second kappa shape index (κ2) is 6.75. The minimum absolute atomic E-state index is 0.219. The molecule has 1 aromatic carbocycles. The van der Waals surface area contributed by atoms with Crippen molar-refractivity contribution < 1.29 is 13.6 Å². The second-order valence-electron chi connectivity index (χ2n) is 7.23. The Labute approximate surface area is 150 Å². The molecule has 8 heteroatoms. The Bertz CT molecular complexity index is 791. The van der Waals surface area contributed by atoms with E-state index in [1.807, 2.05) is 0 Å². The molecule has 0 unspecified atom stereocenters. The van der Waals surface area contributed by atoms with E-state index in [4.69, 9.17) is 0 Å². The zero-order valence-electron chi connectivity index (χ0n) is 14.3. The van der Waals surface area contributed by atoms with Gasteiger partial charge in [0.25, 0.3) is 5.91 Å². The van der Waals surface area contributed by atoms with Crippen LogP contribution >= 0.6 is 0 Å². The maximum atomic E-state index is 13.5.